The summed E-state index contributed by atoms with van der Waals surface area (Å²) in [6.45, 7) is 6.92. The molecule has 4 heteroatoms. The molecule has 14 heavy (non-hydrogen) atoms. The normalized spacial score (nSPS) is 27.8. The largest absolute Gasteiger partial charge is 0.390 e. The Morgan fingerprint density at radius 3 is 2.36 bits per heavy atom. The summed E-state index contributed by atoms with van der Waals surface area (Å²) < 4.78 is 0. The summed E-state index contributed by atoms with van der Waals surface area (Å²) in [4.78, 5) is 13.5. The molecule has 1 heterocycles. The zero-order valence-corrected chi connectivity index (χ0v) is 9.37. The fourth-order valence-electron chi connectivity index (χ4n) is 1.73. The first-order valence-electron chi connectivity index (χ1n) is 5.00. The van der Waals surface area contributed by atoms with Gasteiger partial charge >= 0.3 is 0 Å². The third kappa shape index (κ3) is 2.25. The van der Waals surface area contributed by atoms with Crippen molar-refractivity contribution < 1.29 is 9.90 Å². The molecule has 0 aromatic heterocycles. The topological polar surface area (TPSA) is 52.6 Å². The molecule has 1 fully saturated rings. The second-order valence-electron chi connectivity index (χ2n) is 4.96. The van der Waals surface area contributed by atoms with Gasteiger partial charge in [-0.05, 0) is 0 Å². The van der Waals surface area contributed by atoms with Crippen LogP contribution in [0.5, 0.6) is 0 Å². The third-order valence-corrected chi connectivity index (χ3v) is 2.61. The molecule has 0 aliphatic carbocycles. The van der Waals surface area contributed by atoms with Crippen LogP contribution in [0.25, 0.3) is 0 Å². The van der Waals surface area contributed by atoms with E-state index in [-0.39, 0.29) is 17.4 Å². The van der Waals surface area contributed by atoms with E-state index in [1.807, 2.05) is 20.8 Å². The van der Waals surface area contributed by atoms with Gasteiger partial charge in [-0.25, -0.2) is 0 Å². The zero-order valence-electron chi connectivity index (χ0n) is 9.37. The van der Waals surface area contributed by atoms with Crippen molar-refractivity contribution in [3.8, 4) is 0 Å². The number of nitrogens with one attached hydrogen (secondary N) is 1. The van der Waals surface area contributed by atoms with Gasteiger partial charge in [-0.3, -0.25) is 4.79 Å². The minimum Gasteiger partial charge on any atom is -0.390 e. The molecular weight excluding hydrogens is 180 g/mol. The number of hydrogen-bond acceptors (Lipinski definition) is 3. The number of nitrogens with zero attached hydrogens (tertiary/aromatic N) is 1. The van der Waals surface area contributed by atoms with Gasteiger partial charge in [-0.1, -0.05) is 20.8 Å². The molecule has 1 aliphatic heterocycles. The van der Waals surface area contributed by atoms with Gasteiger partial charge in [0, 0.05) is 25.6 Å². The maximum Gasteiger partial charge on any atom is 0.228 e. The predicted octanol–water partition coefficient (Wildman–Crippen LogP) is -0.176. The van der Waals surface area contributed by atoms with E-state index in [1.165, 1.54) is 0 Å². The second-order valence-corrected chi connectivity index (χ2v) is 4.96. The smallest absolute Gasteiger partial charge is 0.228 e. The first kappa shape index (κ1) is 11.5. The van der Waals surface area contributed by atoms with Crippen LogP contribution in [0, 0.1) is 5.41 Å². The lowest BCUT2D eigenvalue weighted by Gasteiger charge is -2.31. The number of carbonyl (C=O) groups is 1. The van der Waals surface area contributed by atoms with Gasteiger partial charge in [-0.15, -0.1) is 0 Å². The molecule has 1 rings (SSSR count). The highest BCUT2D eigenvalue weighted by Crippen LogP contribution is 2.19. The number of β-amino-alcohol motifs (C(OH)–C–C–N with tert-alkyl or cyclic N) is 1. The van der Waals surface area contributed by atoms with E-state index in [9.17, 15) is 9.90 Å². The maximum atomic E-state index is 11.9. The Hall–Kier alpha value is -0.610. The third-order valence-electron chi connectivity index (χ3n) is 2.61. The summed E-state index contributed by atoms with van der Waals surface area (Å²) in [6.07, 6.45) is -0.439. The SMILES string of the molecule is CN(C(=O)C(C)(C)C)[C@@H]1CNC[C@H]1O. The number of amides is 1. The molecule has 2 atom stereocenters. The predicted molar refractivity (Wildman–Crippen MR) is 54.9 cm³/mol. The van der Waals surface area contributed by atoms with E-state index in [0.717, 1.165) is 0 Å². The first-order valence-corrected chi connectivity index (χ1v) is 5.00. The summed E-state index contributed by atoms with van der Waals surface area (Å²) in [7, 11) is 1.76. The van der Waals surface area contributed by atoms with Crippen LogP contribution in [-0.2, 0) is 4.79 Å². The Labute approximate surface area is 85.3 Å². The maximum absolute atomic E-state index is 11.9. The van der Waals surface area contributed by atoms with Crippen LogP contribution in [0.3, 0.4) is 0 Å². The molecule has 0 spiro atoms. The minimum absolute atomic E-state index is 0.0743. The summed E-state index contributed by atoms with van der Waals surface area (Å²) in [5, 5.41) is 12.7. The molecule has 0 radical (unpaired) electrons. The van der Waals surface area contributed by atoms with Crippen molar-refractivity contribution in [2.75, 3.05) is 20.1 Å². The van der Waals surface area contributed by atoms with Gasteiger partial charge in [0.05, 0.1) is 12.1 Å². The van der Waals surface area contributed by atoms with Crippen LogP contribution in [0.4, 0.5) is 0 Å². The molecule has 82 valence electrons. The molecule has 1 saturated heterocycles. The number of carbonyl (C=O) groups excluding carboxylic acids is 1. The van der Waals surface area contributed by atoms with Crippen molar-refractivity contribution in [3.63, 3.8) is 0 Å². The fraction of sp³-hybridized carbons (Fsp3) is 0.900. The van der Waals surface area contributed by atoms with Crippen molar-refractivity contribution in [1.29, 1.82) is 0 Å². The molecule has 0 aromatic rings. The second kappa shape index (κ2) is 3.87. The first-order chi connectivity index (χ1) is 6.34. The summed E-state index contributed by atoms with van der Waals surface area (Å²) in [5.74, 6) is 0.0743. The Balaban J connectivity index is 2.65. The van der Waals surface area contributed by atoms with Crippen molar-refractivity contribution >= 4 is 5.91 Å². The lowest BCUT2D eigenvalue weighted by atomic mass is 9.94. The molecular formula is C10H20N2O2. The minimum atomic E-state index is -0.439. The summed E-state index contributed by atoms with van der Waals surface area (Å²) >= 11 is 0. The fourth-order valence-corrected chi connectivity index (χ4v) is 1.73. The Kier molecular flexibility index (Phi) is 3.17. The zero-order chi connectivity index (χ0) is 10.9. The number of likely N-dealkylation sites (N-methyl/N-ethyl adjacent to an activating group) is 1. The van der Waals surface area contributed by atoms with Gasteiger partial charge in [-0.2, -0.15) is 0 Å². The van der Waals surface area contributed by atoms with Crippen LogP contribution in [0.2, 0.25) is 0 Å². The van der Waals surface area contributed by atoms with Gasteiger partial charge in [0.25, 0.3) is 0 Å². The van der Waals surface area contributed by atoms with Crippen LogP contribution < -0.4 is 5.32 Å². The van der Waals surface area contributed by atoms with Gasteiger partial charge in [0.2, 0.25) is 5.91 Å². The quantitative estimate of drug-likeness (QED) is 0.617. The molecule has 4 nitrogen and oxygen atoms in total. The highest BCUT2D eigenvalue weighted by atomic mass is 16.3. The molecule has 0 saturated carbocycles. The van der Waals surface area contributed by atoms with Gasteiger partial charge < -0.3 is 15.3 Å². The van der Waals surface area contributed by atoms with Crippen molar-refractivity contribution in [3.05, 3.63) is 0 Å². The standard InChI is InChI=1S/C10H20N2O2/c1-10(2,3)9(14)12(4)7-5-11-6-8(7)13/h7-8,11,13H,5-6H2,1-4H3/t7-,8-/m1/s1. The van der Waals surface area contributed by atoms with E-state index in [0.29, 0.717) is 13.1 Å². The Bertz CT molecular complexity index is 223. The molecule has 0 bridgehead atoms. The highest BCUT2D eigenvalue weighted by molar-refractivity contribution is 5.81. The van der Waals surface area contributed by atoms with E-state index in [2.05, 4.69) is 5.32 Å². The van der Waals surface area contributed by atoms with Crippen molar-refractivity contribution in [2.45, 2.75) is 32.9 Å². The lowest BCUT2D eigenvalue weighted by molar-refractivity contribution is -0.141. The van der Waals surface area contributed by atoms with E-state index in [4.69, 9.17) is 0 Å². The van der Waals surface area contributed by atoms with Gasteiger partial charge in [0.1, 0.15) is 0 Å². The average Bonchev–Trinajstić information content (AvgIpc) is 2.47. The highest BCUT2D eigenvalue weighted by Gasteiger charge is 2.35. The Morgan fingerprint density at radius 1 is 1.43 bits per heavy atom. The van der Waals surface area contributed by atoms with E-state index < -0.39 is 6.10 Å². The van der Waals surface area contributed by atoms with Crippen LogP contribution in [0.1, 0.15) is 20.8 Å². The number of rotatable bonds is 1. The molecule has 0 aromatic carbocycles. The molecule has 1 amide bonds. The van der Waals surface area contributed by atoms with E-state index >= 15 is 0 Å². The molecule has 2 N–H and O–H groups in total. The van der Waals surface area contributed by atoms with Crippen molar-refractivity contribution in [2.24, 2.45) is 5.41 Å². The molecule has 0 unspecified atom stereocenters. The van der Waals surface area contributed by atoms with Crippen molar-refractivity contribution in [1.82, 2.24) is 10.2 Å². The monoisotopic (exact) mass is 200 g/mol. The summed E-state index contributed by atoms with van der Waals surface area (Å²) in [6, 6.07) is -0.0817. The van der Waals surface area contributed by atoms with Gasteiger partial charge in [0.15, 0.2) is 0 Å². The number of hydrogen-bond donors (Lipinski definition) is 2. The number of aliphatic hydroxyl groups excluding tert-OH is 1. The Morgan fingerprint density at radius 2 is 2.00 bits per heavy atom. The molecule has 1 aliphatic rings. The van der Waals surface area contributed by atoms with Crippen LogP contribution >= 0.6 is 0 Å². The van der Waals surface area contributed by atoms with Crippen LogP contribution in [0.15, 0.2) is 0 Å². The summed E-state index contributed by atoms with van der Waals surface area (Å²) in [5.41, 5.74) is -0.378. The average molecular weight is 200 g/mol. The van der Waals surface area contributed by atoms with E-state index in [1.54, 1.807) is 11.9 Å². The lowest BCUT2D eigenvalue weighted by Crippen LogP contribution is -2.48. The number of aliphatic hydroxyl groups is 1. The van der Waals surface area contributed by atoms with Crippen LogP contribution in [-0.4, -0.2) is 48.2 Å².